The molecule has 2 aromatic heterocycles. The molecule has 0 saturated carbocycles. The number of rotatable bonds is 5. The maximum atomic E-state index is 12.0. The fourth-order valence-corrected chi connectivity index (χ4v) is 2.69. The third-order valence-corrected chi connectivity index (χ3v) is 4.03. The molecular formula is C15H19N5O2S. The Morgan fingerprint density at radius 3 is 2.91 bits per heavy atom. The summed E-state index contributed by atoms with van der Waals surface area (Å²) in [5.74, 6) is 0.203. The largest absolute Gasteiger partial charge is 0.384 e. The van der Waals surface area contributed by atoms with Crippen LogP contribution in [-0.2, 0) is 5.60 Å². The van der Waals surface area contributed by atoms with Crippen molar-refractivity contribution in [2.45, 2.75) is 32.4 Å². The zero-order valence-corrected chi connectivity index (χ0v) is 14.0. The number of nitriles is 1. The number of aromatic nitrogens is 2. The average Bonchev–Trinajstić information content (AvgIpc) is 3.15. The molecule has 0 aliphatic rings. The quantitative estimate of drug-likeness (QED) is 0.782. The molecule has 0 spiro atoms. The smallest absolute Gasteiger partial charge is 0.320 e. The minimum absolute atomic E-state index is 0.0440. The van der Waals surface area contributed by atoms with Gasteiger partial charge in [0.15, 0.2) is 5.82 Å². The summed E-state index contributed by atoms with van der Waals surface area (Å²) in [7, 11) is 0. The summed E-state index contributed by atoms with van der Waals surface area (Å²) in [5, 5.41) is 32.5. The summed E-state index contributed by atoms with van der Waals surface area (Å²) in [5.41, 5.74) is -0.129. The summed E-state index contributed by atoms with van der Waals surface area (Å²) in [6.07, 6.45) is 1.59. The van der Waals surface area contributed by atoms with E-state index in [1.807, 2.05) is 36.7 Å². The normalized spacial score (nSPS) is 13.4. The van der Waals surface area contributed by atoms with Crippen molar-refractivity contribution >= 4 is 23.2 Å². The topological polar surface area (TPSA) is 103 Å². The Bertz CT molecular complexity index is 713. The Balaban J connectivity index is 1.99. The highest BCUT2D eigenvalue weighted by molar-refractivity contribution is 7.08. The second-order valence-electron chi connectivity index (χ2n) is 5.67. The predicted molar refractivity (Wildman–Crippen MR) is 88.2 cm³/mol. The molecule has 0 aliphatic carbocycles. The molecule has 0 aliphatic heterocycles. The number of hydrogen-bond donors (Lipinski definition) is 3. The molecule has 2 rings (SSSR count). The SMILES string of the molecule is CC(C)n1cc(C#N)c(NC(=O)NC[C@@](C)(O)c2ccsc2)n1. The van der Waals surface area contributed by atoms with Crippen molar-refractivity contribution < 1.29 is 9.90 Å². The molecule has 0 bridgehead atoms. The molecule has 8 heteroatoms. The third-order valence-electron chi connectivity index (χ3n) is 3.35. The molecule has 3 N–H and O–H groups in total. The first-order chi connectivity index (χ1) is 10.8. The van der Waals surface area contributed by atoms with E-state index in [0.717, 1.165) is 5.56 Å². The van der Waals surface area contributed by atoms with Crippen LogP contribution in [-0.4, -0.2) is 27.5 Å². The van der Waals surface area contributed by atoms with Gasteiger partial charge in [0.2, 0.25) is 0 Å². The summed E-state index contributed by atoms with van der Waals surface area (Å²) in [4.78, 5) is 12.0. The minimum Gasteiger partial charge on any atom is -0.384 e. The van der Waals surface area contributed by atoms with Crippen LogP contribution in [0.2, 0.25) is 0 Å². The molecule has 2 heterocycles. The number of nitrogens with one attached hydrogen (secondary N) is 2. The second-order valence-corrected chi connectivity index (χ2v) is 6.45. The number of carbonyl (C=O) groups excluding carboxylic acids is 1. The number of aliphatic hydroxyl groups is 1. The Labute approximate surface area is 138 Å². The van der Waals surface area contributed by atoms with E-state index < -0.39 is 11.6 Å². The van der Waals surface area contributed by atoms with Gasteiger partial charge in [-0.15, -0.1) is 0 Å². The van der Waals surface area contributed by atoms with Crippen LogP contribution in [0.5, 0.6) is 0 Å². The van der Waals surface area contributed by atoms with Gasteiger partial charge in [0, 0.05) is 12.2 Å². The summed E-state index contributed by atoms with van der Waals surface area (Å²) in [6, 6.07) is 3.37. The molecular weight excluding hydrogens is 314 g/mol. The lowest BCUT2D eigenvalue weighted by atomic mass is 9.99. The van der Waals surface area contributed by atoms with Crippen LogP contribution in [0, 0.1) is 11.3 Å². The number of nitrogens with zero attached hydrogens (tertiary/aromatic N) is 3. The zero-order valence-electron chi connectivity index (χ0n) is 13.2. The molecule has 0 saturated heterocycles. The lowest BCUT2D eigenvalue weighted by Gasteiger charge is -2.22. The third kappa shape index (κ3) is 4.09. The first-order valence-corrected chi connectivity index (χ1v) is 8.07. The van der Waals surface area contributed by atoms with Gasteiger partial charge in [0.05, 0.1) is 6.54 Å². The molecule has 122 valence electrons. The lowest BCUT2D eigenvalue weighted by Crippen LogP contribution is -2.40. The first-order valence-electron chi connectivity index (χ1n) is 7.12. The van der Waals surface area contributed by atoms with Crippen molar-refractivity contribution in [3.8, 4) is 6.07 Å². The number of carbonyl (C=O) groups is 1. The molecule has 2 amide bonds. The summed E-state index contributed by atoms with van der Waals surface area (Å²) < 4.78 is 1.61. The monoisotopic (exact) mass is 333 g/mol. The van der Waals surface area contributed by atoms with Crippen molar-refractivity contribution in [3.05, 3.63) is 34.2 Å². The van der Waals surface area contributed by atoms with Crippen LogP contribution in [0.3, 0.4) is 0 Å². The molecule has 0 fully saturated rings. The average molecular weight is 333 g/mol. The maximum Gasteiger partial charge on any atom is 0.320 e. The van der Waals surface area contributed by atoms with Crippen molar-refractivity contribution in [2.75, 3.05) is 11.9 Å². The van der Waals surface area contributed by atoms with Crippen LogP contribution in [0.4, 0.5) is 10.6 Å². The number of amides is 2. The van der Waals surface area contributed by atoms with E-state index in [-0.39, 0.29) is 18.4 Å². The van der Waals surface area contributed by atoms with Gasteiger partial charge in [-0.25, -0.2) is 4.79 Å². The fraction of sp³-hybridized carbons (Fsp3) is 0.400. The van der Waals surface area contributed by atoms with E-state index in [4.69, 9.17) is 5.26 Å². The van der Waals surface area contributed by atoms with Crippen LogP contribution >= 0.6 is 11.3 Å². The number of hydrogen-bond acceptors (Lipinski definition) is 5. The van der Waals surface area contributed by atoms with Crippen molar-refractivity contribution in [1.29, 1.82) is 5.26 Å². The van der Waals surface area contributed by atoms with Gasteiger partial charge in [-0.2, -0.15) is 21.7 Å². The standard InChI is InChI=1S/C15H19N5O2S/c1-10(2)20-7-11(6-16)13(19-20)18-14(21)17-9-15(3,22)12-4-5-23-8-12/h4-5,7-8,10,22H,9H2,1-3H3,(H2,17,18,19,21)/t15-/m1/s1. The fourth-order valence-electron chi connectivity index (χ4n) is 1.91. The van der Waals surface area contributed by atoms with Gasteiger partial charge in [-0.1, -0.05) is 0 Å². The summed E-state index contributed by atoms with van der Waals surface area (Å²) in [6.45, 7) is 5.53. The van der Waals surface area contributed by atoms with Crippen LogP contribution < -0.4 is 10.6 Å². The second kappa shape index (κ2) is 6.81. The highest BCUT2D eigenvalue weighted by atomic mass is 32.1. The molecule has 2 aromatic rings. The highest BCUT2D eigenvalue weighted by Gasteiger charge is 2.24. The van der Waals surface area contributed by atoms with E-state index in [0.29, 0.717) is 5.56 Å². The Kier molecular flexibility index (Phi) is 5.03. The van der Waals surface area contributed by atoms with Gasteiger partial charge in [0.25, 0.3) is 0 Å². The number of urea groups is 1. The van der Waals surface area contributed by atoms with E-state index in [1.54, 1.807) is 17.8 Å². The van der Waals surface area contributed by atoms with Gasteiger partial charge in [0.1, 0.15) is 17.2 Å². The highest BCUT2D eigenvalue weighted by Crippen LogP contribution is 2.22. The first kappa shape index (κ1) is 17.0. The van der Waals surface area contributed by atoms with Crippen LogP contribution in [0.1, 0.15) is 37.9 Å². The minimum atomic E-state index is -1.16. The van der Waals surface area contributed by atoms with Gasteiger partial charge >= 0.3 is 6.03 Å². The molecule has 1 atom stereocenters. The van der Waals surface area contributed by atoms with Crippen molar-refractivity contribution in [3.63, 3.8) is 0 Å². The maximum absolute atomic E-state index is 12.0. The lowest BCUT2D eigenvalue weighted by molar-refractivity contribution is 0.0604. The Morgan fingerprint density at radius 2 is 2.35 bits per heavy atom. The molecule has 7 nitrogen and oxygen atoms in total. The summed E-state index contributed by atoms with van der Waals surface area (Å²) >= 11 is 1.48. The Morgan fingerprint density at radius 1 is 1.61 bits per heavy atom. The van der Waals surface area contributed by atoms with Crippen molar-refractivity contribution in [1.82, 2.24) is 15.1 Å². The van der Waals surface area contributed by atoms with Gasteiger partial charge in [-0.05, 0) is 43.2 Å². The van der Waals surface area contributed by atoms with Crippen LogP contribution in [0.15, 0.2) is 23.0 Å². The molecule has 23 heavy (non-hydrogen) atoms. The Hall–Kier alpha value is -2.37. The van der Waals surface area contributed by atoms with Gasteiger partial charge < -0.3 is 10.4 Å². The molecule has 0 radical (unpaired) electrons. The molecule has 0 aromatic carbocycles. The van der Waals surface area contributed by atoms with E-state index in [1.165, 1.54) is 11.3 Å². The van der Waals surface area contributed by atoms with E-state index >= 15 is 0 Å². The van der Waals surface area contributed by atoms with E-state index in [9.17, 15) is 9.90 Å². The zero-order chi connectivity index (χ0) is 17.0. The number of thiophene rings is 1. The predicted octanol–water partition coefficient (Wildman–Crippen LogP) is 2.43. The number of anilines is 1. The van der Waals surface area contributed by atoms with Gasteiger partial charge in [-0.3, -0.25) is 10.00 Å². The van der Waals surface area contributed by atoms with Crippen LogP contribution in [0.25, 0.3) is 0 Å². The van der Waals surface area contributed by atoms with Crippen molar-refractivity contribution in [2.24, 2.45) is 0 Å². The van der Waals surface area contributed by atoms with E-state index in [2.05, 4.69) is 15.7 Å². The molecule has 0 unspecified atom stereocenters.